The Morgan fingerprint density at radius 2 is 1.56 bits per heavy atom. The number of rotatable bonds is 7. The van der Waals surface area contributed by atoms with E-state index in [0.29, 0.717) is 18.6 Å². The highest BCUT2D eigenvalue weighted by molar-refractivity contribution is 6.74. The lowest BCUT2D eigenvalue weighted by Gasteiger charge is -2.45. The topological polar surface area (TPSA) is 61.8 Å². The number of Topliss-reactive ketones (excluding diaryl/α,β-unsaturated/α-hetero) is 1. The molecular formula is C34H60O5Si2. The van der Waals surface area contributed by atoms with Crippen molar-refractivity contribution in [1.29, 1.82) is 0 Å². The molecule has 0 amide bonds. The zero-order valence-electron chi connectivity index (χ0n) is 28.7. The second kappa shape index (κ2) is 11.1. The molecule has 0 aromatic heterocycles. The summed E-state index contributed by atoms with van der Waals surface area (Å²) in [6, 6.07) is 0. The highest BCUT2D eigenvalue weighted by atomic mass is 28.4. The Labute approximate surface area is 253 Å². The molecule has 3 aliphatic rings. The molecule has 0 aromatic carbocycles. The number of hydrogen-bond donors (Lipinski definition) is 0. The van der Waals surface area contributed by atoms with Gasteiger partial charge in [0.15, 0.2) is 8.32 Å². The van der Waals surface area contributed by atoms with Crippen LogP contribution in [0, 0.1) is 34.5 Å². The molecule has 2 fully saturated rings. The van der Waals surface area contributed by atoms with Gasteiger partial charge in [0.2, 0.25) is 8.32 Å². The van der Waals surface area contributed by atoms with Crippen molar-refractivity contribution in [2.24, 2.45) is 34.5 Å². The summed E-state index contributed by atoms with van der Waals surface area (Å²) < 4.78 is 19.3. The number of carbonyl (C=O) groups excluding carboxylic acids is 2. The van der Waals surface area contributed by atoms with E-state index in [2.05, 4.69) is 101 Å². The molecule has 234 valence electrons. The number of carbonyl (C=O) groups is 2. The molecule has 0 N–H and O–H groups in total. The molecule has 0 heterocycles. The van der Waals surface area contributed by atoms with Crippen molar-refractivity contribution in [2.75, 3.05) is 7.11 Å². The van der Waals surface area contributed by atoms with E-state index in [1.54, 1.807) is 0 Å². The molecule has 0 aromatic rings. The number of esters is 1. The first-order valence-electron chi connectivity index (χ1n) is 15.8. The number of allylic oxidation sites excluding steroid dienone is 3. The summed E-state index contributed by atoms with van der Waals surface area (Å²) in [5.74, 6) is 0.710. The van der Waals surface area contributed by atoms with E-state index in [-0.39, 0.29) is 45.1 Å². The van der Waals surface area contributed by atoms with Gasteiger partial charge in [0, 0.05) is 24.2 Å². The van der Waals surface area contributed by atoms with Gasteiger partial charge in [0.05, 0.1) is 12.9 Å². The second-order valence-electron chi connectivity index (χ2n) is 17.2. The van der Waals surface area contributed by atoms with E-state index in [0.717, 1.165) is 25.0 Å². The van der Waals surface area contributed by atoms with Crippen LogP contribution < -0.4 is 0 Å². The van der Waals surface area contributed by atoms with Crippen LogP contribution in [0.3, 0.4) is 0 Å². The van der Waals surface area contributed by atoms with E-state index >= 15 is 0 Å². The van der Waals surface area contributed by atoms with E-state index in [9.17, 15) is 9.59 Å². The predicted molar refractivity (Wildman–Crippen MR) is 174 cm³/mol. The maximum absolute atomic E-state index is 14.3. The van der Waals surface area contributed by atoms with Gasteiger partial charge >= 0.3 is 5.97 Å². The Hall–Kier alpha value is -1.19. The van der Waals surface area contributed by atoms with Crippen molar-refractivity contribution in [1.82, 2.24) is 0 Å². The third-order valence-corrected chi connectivity index (χ3v) is 20.9. The smallest absolute Gasteiger partial charge is 0.334 e. The zero-order valence-corrected chi connectivity index (χ0v) is 30.7. The van der Waals surface area contributed by atoms with Gasteiger partial charge in [-0.3, -0.25) is 4.79 Å². The van der Waals surface area contributed by atoms with Crippen molar-refractivity contribution < 1.29 is 23.2 Å². The quantitative estimate of drug-likeness (QED) is 0.165. The molecule has 0 bridgehead atoms. The van der Waals surface area contributed by atoms with Crippen LogP contribution in [0.25, 0.3) is 0 Å². The van der Waals surface area contributed by atoms with Gasteiger partial charge in [0.1, 0.15) is 11.9 Å². The molecule has 0 saturated heterocycles. The minimum absolute atomic E-state index is 0.0264. The number of fused-ring (bicyclic) bond motifs is 1. The van der Waals surface area contributed by atoms with Gasteiger partial charge < -0.3 is 13.6 Å². The molecule has 2 saturated carbocycles. The summed E-state index contributed by atoms with van der Waals surface area (Å²) in [5.41, 5.74) is 0.560. The van der Waals surface area contributed by atoms with E-state index in [1.807, 2.05) is 0 Å². The summed E-state index contributed by atoms with van der Waals surface area (Å²) in [4.78, 5) is 28.0. The molecule has 0 aliphatic heterocycles. The summed E-state index contributed by atoms with van der Waals surface area (Å²) >= 11 is 0. The first kappa shape index (κ1) is 34.3. The number of ketones is 1. The van der Waals surface area contributed by atoms with Crippen molar-refractivity contribution in [2.45, 2.75) is 137 Å². The fourth-order valence-electron chi connectivity index (χ4n) is 7.21. The van der Waals surface area contributed by atoms with Crippen LogP contribution in [-0.2, 0) is 23.2 Å². The Bertz CT molecular complexity index is 1070. The van der Waals surface area contributed by atoms with Crippen LogP contribution in [0.5, 0.6) is 0 Å². The average Bonchev–Trinajstić information content (AvgIpc) is 3.31. The van der Waals surface area contributed by atoms with Gasteiger partial charge in [-0.05, 0) is 84.8 Å². The Balaban J connectivity index is 2.19. The highest BCUT2D eigenvalue weighted by Gasteiger charge is 2.63. The van der Waals surface area contributed by atoms with E-state index in [1.165, 1.54) is 12.7 Å². The van der Waals surface area contributed by atoms with Crippen LogP contribution in [0.4, 0.5) is 0 Å². The average molecular weight is 605 g/mol. The van der Waals surface area contributed by atoms with Crippen molar-refractivity contribution in [3.8, 4) is 0 Å². The number of hydrogen-bond acceptors (Lipinski definition) is 5. The Morgan fingerprint density at radius 1 is 1.00 bits per heavy atom. The lowest BCUT2D eigenvalue weighted by Crippen LogP contribution is -2.52. The Kier molecular flexibility index (Phi) is 9.26. The normalized spacial score (nSPS) is 31.8. The summed E-state index contributed by atoms with van der Waals surface area (Å²) in [6.45, 7) is 33.6. The maximum Gasteiger partial charge on any atom is 0.334 e. The summed E-state index contributed by atoms with van der Waals surface area (Å²) in [6.07, 6.45) is 5.74. The third-order valence-electron chi connectivity index (χ3n) is 12.0. The number of ether oxygens (including phenoxy) is 1. The lowest BCUT2D eigenvalue weighted by atomic mass is 9.59. The lowest BCUT2D eigenvalue weighted by molar-refractivity contribution is -0.155. The molecule has 3 rings (SSSR count). The molecule has 6 atom stereocenters. The van der Waals surface area contributed by atoms with Gasteiger partial charge in [-0.2, -0.15) is 0 Å². The monoisotopic (exact) mass is 604 g/mol. The molecule has 5 nitrogen and oxygen atoms in total. The molecule has 0 radical (unpaired) electrons. The van der Waals surface area contributed by atoms with Crippen molar-refractivity contribution in [3.63, 3.8) is 0 Å². The highest BCUT2D eigenvalue weighted by Crippen LogP contribution is 2.63. The van der Waals surface area contributed by atoms with E-state index < -0.39 is 28.2 Å². The van der Waals surface area contributed by atoms with Gasteiger partial charge in [0.25, 0.3) is 0 Å². The molecule has 0 unspecified atom stereocenters. The van der Waals surface area contributed by atoms with Crippen LogP contribution in [0.1, 0.15) is 94.4 Å². The van der Waals surface area contributed by atoms with Crippen LogP contribution in [0.15, 0.2) is 24.0 Å². The number of methoxy groups -OCH3 is 1. The minimum atomic E-state index is -2.36. The SMILES string of the molecule is C=C1CCCC(C)(C)[C@@H]2CC(=O)[C@@](C)([C@@H]3C=C(O[Si](C)(C)C(C)(C)C)C[C@H]3[C@@H](O[Si](C)(C)C(C)(C)C)C(=O)OC)[C@H]12. The van der Waals surface area contributed by atoms with Crippen molar-refractivity contribution >= 4 is 28.4 Å². The molecular weight excluding hydrogens is 545 g/mol. The predicted octanol–water partition coefficient (Wildman–Crippen LogP) is 9.07. The third kappa shape index (κ3) is 6.24. The standard InChI is InChI=1S/C34H60O5Si2/c1-22-17-16-18-33(8,9)26-21-27(35)34(10,28(22)26)25-20-23(38-40(12,13)31(2,3)4)19-24(25)29(30(36)37-11)39-41(14,15)32(5,6)7/h20,24-26,28-29H,1,16-19,21H2,2-15H3/t24-,25-,26-,28-,29-,34-/m1/s1. The molecule has 41 heavy (non-hydrogen) atoms. The maximum atomic E-state index is 14.3. The van der Waals surface area contributed by atoms with Crippen LogP contribution in [0.2, 0.25) is 36.3 Å². The minimum Gasteiger partial charge on any atom is -0.547 e. The van der Waals surface area contributed by atoms with Crippen LogP contribution >= 0.6 is 0 Å². The summed E-state index contributed by atoms with van der Waals surface area (Å²) in [7, 11) is -3.07. The van der Waals surface area contributed by atoms with E-state index in [4.69, 9.17) is 13.6 Å². The van der Waals surface area contributed by atoms with Gasteiger partial charge in [-0.1, -0.05) is 74.5 Å². The fourth-order valence-corrected chi connectivity index (χ4v) is 9.58. The Morgan fingerprint density at radius 3 is 2.07 bits per heavy atom. The largest absolute Gasteiger partial charge is 0.547 e. The second-order valence-corrected chi connectivity index (χ2v) is 26.7. The first-order chi connectivity index (χ1) is 18.4. The van der Waals surface area contributed by atoms with Gasteiger partial charge in [-0.15, -0.1) is 0 Å². The van der Waals surface area contributed by atoms with Crippen LogP contribution in [-0.4, -0.2) is 41.6 Å². The molecule has 7 heteroatoms. The molecule has 0 spiro atoms. The zero-order chi connectivity index (χ0) is 31.6. The fraction of sp³-hybridized carbons (Fsp3) is 0.824. The first-order valence-corrected chi connectivity index (χ1v) is 21.6. The summed E-state index contributed by atoms with van der Waals surface area (Å²) in [5, 5.41) is -0.0579. The van der Waals surface area contributed by atoms with Gasteiger partial charge in [-0.25, -0.2) is 4.79 Å². The van der Waals surface area contributed by atoms with Crippen molar-refractivity contribution in [3.05, 3.63) is 24.0 Å². The molecule has 3 aliphatic carbocycles.